The standard InChI is InChI=1S/C14H19N3O4S/c1-20-10-4-2-3-5-11(10)21-9-14(16-6-7-22-14)17-13(19)8-12(15)18/h2-5,16H,6-9H2,1H3,(H2,15,18)(H,17,19)/t14-/m0/s1. The van der Waals surface area contributed by atoms with Gasteiger partial charge in [0, 0.05) is 12.3 Å². The quantitative estimate of drug-likeness (QED) is 0.613. The average Bonchev–Trinajstić information content (AvgIpc) is 2.93. The van der Waals surface area contributed by atoms with Gasteiger partial charge in [0.1, 0.15) is 13.0 Å². The maximum atomic E-state index is 11.8. The summed E-state index contributed by atoms with van der Waals surface area (Å²) in [7, 11) is 1.56. The molecule has 1 saturated heterocycles. The van der Waals surface area contributed by atoms with Crippen LogP contribution in [0.3, 0.4) is 0 Å². The number of carbonyl (C=O) groups excluding carboxylic acids is 2. The molecule has 0 spiro atoms. The second-order valence-electron chi connectivity index (χ2n) is 4.73. The Labute approximate surface area is 132 Å². The molecule has 0 aromatic heterocycles. The Balaban J connectivity index is 2.02. The van der Waals surface area contributed by atoms with Gasteiger partial charge in [-0.15, -0.1) is 11.8 Å². The molecule has 8 heteroatoms. The number of hydrogen-bond donors (Lipinski definition) is 3. The summed E-state index contributed by atoms with van der Waals surface area (Å²) in [5.74, 6) is 0.929. The molecule has 22 heavy (non-hydrogen) atoms. The molecule has 0 saturated carbocycles. The van der Waals surface area contributed by atoms with Crippen molar-refractivity contribution in [2.45, 2.75) is 11.4 Å². The Morgan fingerprint density at radius 3 is 2.73 bits per heavy atom. The van der Waals surface area contributed by atoms with Crippen LogP contribution in [-0.4, -0.2) is 42.8 Å². The molecule has 1 aromatic rings. The molecular formula is C14H19N3O4S. The Morgan fingerprint density at radius 1 is 1.41 bits per heavy atom. The van der Waals surface area contributed by atoms with Crippen LogP contribution in [-0.2, 0) is 9.59 Å². The minimum atomic E-state index is -0.770. The molecule has 4 N–H and O–H groups in total. The van der Waals surface area contributed by atoms with Gasteiger partial charge in [0.2, 0.25) is 11.8 Å². The largest absolute Gasteiger partial charge is 0.493 e. The minimum absolute atomic E-state index is 0.197. The van der Waals surface area contributed by atoms with Crippen molar-refractivity contribution in [3.8, 4) is 11.5 Å². The SMILES string of the molecule is COc1ccccc1OC[C@@]1(NC(=O)CC(N)=O)NCCS1. The number of hydrogen-bond acceptors (Lipinski definition) is 6. The topological polar surface area (TPSA) is 103 Å². The molecule has 1 aliphatic heterocycles. The van der Waals surface area contributed by atoms with E-state index in [2.05, 4.69) is 10.6 Å². The van der Waals surface area contributed by atoms with E-state index in [0.29, 0.717) is 11.5 Å². The Morgan fingerprint density at radius 2 is 2.14 bits per heavy atom. The highest BCUT2D eigenvalue weighted by atomic mass is 32.2. The van der Waals surface area contributed by atoms with Gasteiger partial charge in [0.05, 0.1) is 7.11 Å². The lowest BCUT2D eigenvalue weighted by atomic mass is 10.3. The van der Waals surface area contributed by atoms with Gasteiger partial charge in [-0.25, -0.2) is 0 Å². The van der Waals surface area contributed by atoms with Gasteiger partial charge in [0.15, 0.2) is 16.5 Å². The molecule has 1 atom stereocenters. The number of nitrogens with two attached hydrogens (primary N) is 1. The maximum Gasteiger partial charge on any atom is 0.231 e. The lowest BCUT2D eigenvalue weighted by Crippen LogP contribution is -2.57. The van der Waals surface area contributed by atoms with Crippen molar-refractivity contribution < 1.29 is 19.1 Å². The monoisotopic (exact) mass is 325 g/mol. The third-order valence-electron chi connectivity index (χ3n) is 3.04. The van der Waals surface area contributed by atoms with Crippen LogP contribution < -0.4 is 25.8 Å². The number of nitrogens with one attached hydrogen (secondary N) is 2. The molecule has 1 aliphatic rings. The van der Waals surface area contributed by atoms with E-state index in [1.54, 1.807) is 19.2 Å². The van der Waals surface area contributed by atoms with Crippen LogP contribution in [0.25, 0.3) is 0 Å². The highest BCUT2D eigenvalue weighted by Gasteiger charge is 2.37. The molecule has 1 aromatic carbocycles. The first-order valence-corrected chi connectivity index (χ1v) is 7.77. The fraction of sp³-hybridized carbons (Fsp3) is 0.429. The number of amides is 2. The van der Waals surface area contributed by atoms with Crippen molar-refractivity contribution in [1.82, 2.24) is 10.6 Å². The molecule has 0 unspecified atom stereocenters. The molecule has 120 valence electrons. The van der Waals surface area contributed by atoms with E-state index >= 15 is 0 Å². The predicted molar refractivity (Wildman–Crippen MR) is 83.6 cm³/mol. The van der Waals surface area contributed by atoms with Gasteiger partial charge in [-0.1, -0.05) is 12.1 Å². The summed E-state index contributed by atoms with van der Waals surface area (Å²) >= 11 is 1.52. The molecule has 2 rings (SSSR count). The molecule has 1 heterocycles. The summed E-state index contributed by atoms with van der Waals surface area (Å²) in [6, 6.07) is 7.27. The number of methoxy groups -OCH3 is 1. The normalized spacial score (nSPS) is 20.4. The molecule has 0 radical (unpaired) electrons. The number of carbonyl (C=O) groups is 2. The first kappa shape index (κ1) is 16.4. The van der Waals surface area contributed by atoms with Crippen molar-refractivity contribution in [2.24, 2.45) is 5.73 Å². The van der Waals surface area contributed by atoms with Crippen molar-refractivity contribution in [1.29, 1.82) is 0 Å². The Hall–Kier alpha value is -1.93. The van der Waals surface area contributed by atoms with E-state index in [1.807, 2.05) is 12.1 Å². The Bertz CT molecular complexity index is 547. The van der Waals surface area contributed by atoms with E-state index in [-0.39, 0.29) is 13.0 Å². The van der Waals surface area contributed by atoms with E-state index in [0.717, 1.165) is 12.3 Å². The van der Waals surface area contributed by atoms with Crippen molar-refractivity contribution in [3.63, 3.8) is 0 Å². The van der Waals surface area contributed by atoms with Crippen LogP contribution in [0.15, 0.2) is 24.3 Å². The molecule has 7 nitrogen and oxygen atoms in total. The highest BCUT2D eigenvalue weighted by molar-refractivity contribution is 8.00. The second-order valence-corrected chi connectivity index (χ2v) is 6.13. The molecule has 0 bridgehead atoms. The van der Waals surface area contributed by atoms with Crippen molar-refractivity contribution >= 4 is 23.6 Å². The van der Waals surface area contributed by atoms with Gasteiger partial charge >= 0.3 is 0 Å². The van der Waals surface area contributed by atoms with E-state index < -0.39 is 16.8 Å². The summed E-state index contributed by atoms with van der Waals surface area (Å²) in [5.41, 5.74) is 5.04. The molecular weight excluding hydrogens is 306 g/mol. The van der Waals surface area contributed by atoms with Crippen LogP contribution in [0.2, 0.25) is 0 Å². The molecule has 1 fully saturated rings. The number of benzene rings is 1. The van der Waals surface area contributed by atoms with E-state index in [4.69, 9.17) is 15.2 Å². The fourth-order valence-electron chi connectivity index (χ4n) is 2.08. The van der Waals surface area contributed by atoms with Gasteiger partial charge < -0.3 is 20.5 Å². The van der Waals surface area contributed by atoms with Crippen LogP contribution in [0, 0.1) is 0 Å². The lowest BCUT2D eigenvalue weighted by Gasteiger charge is -2.29. The van der Waals surface area contributed by atoms with Crippen LogP contribution in [0.4, 0.5) is 0 Å². The summed E-state index contributed by atoms with van der Waals surface area (Å²) < 4.78 is 11.0. The second kappa shape index (κ2) is 7.37. The average molecular weight is 325 g/mol. The number of rotatable bonds is 7. The van der Waals surface area contributed by atoms with E-state index in [9.17, 15) is 9.59 Å². The minimum Gasteiger partial charge on any atom is -0.493 e. The maximum absolute atomic E-state index is 11.8. The third-order valence-corrected chi connectivity index (χ3v) is 4.30. The van der Waals surface area contributed by atoms with Gasteiger partial charge in [0.25, 0.3) is 0 Å². The number of ether oxygens (including phenoxy) is 2. The molecule has 0 aliphatic carbocycles. The first-order valence-electron chi connectivity index (χ1n) is 6.79. The fourth-order valence-corrected chi connectivity index (χ4v) is 3.17. The Kier molecular flexibility index (Phi) is 5.51. The van der Waals surface area contributed by atoms with Crippen LogP contribution in [0.1, 0.15) is 6.42 Å². The first-order chi connectivity index (χ1) is 10.5. The summed E-state index contributed by atoms with van der Waals surface area (Å²) in [6.45, 7) is 0.930. The van der Waals surface area contributed by atoms with Crippen molar-refractivity contribution in [2.75, 3.05) is 26.0 Å². The van der Waals surface area contributed by atoms with Crippen LogP contribution >= 0.6 is 11.8 Å². The summed E-state index contributed by atoms with van der Waals surface area (Å²) in [6.07, 6.45) is -0.349. The zero-order valence-corrected chi connectivity index (χ0v) is 13.1. The number of primary amides is 1. The zero-order valence-electron chi connectivity index (χ0n) is 12.3. The van der Waals surface area contributed by atoms with Gasteiger partial charge in [-0.3, -0.25) is 14.9 Å². The van der Waals surface area contributed by atoms with Crippen molar-refractivity contribution in [3.05, 3.63) is 24.3 Å². The lowest BCUT2D eigenvalue weighted by molar-refractivity contribution is -0.128. The predicted octanol–water partition coefficient (Wildman–Crippen LogP) is 0.0558. The third kappa shape index (κ3) is 4.28. The van der Waals surface area contributed by atoms with Gasteiger partial charge in [-0.2, -0.15) is 0 Å². The smallest absolute Gasteiger partial charge is 0.231 e. The number of thioether (sulfide) groups is 1. The summed E-state index contributed by atoms with van der Waals surface area (Å²) in [5, 5.41) is 5.97. The highest BCUT2D eigenvalue weighted by Crippen LogP contribution is 2.30. The summed E-state index contributed by atoms with van der Waals surface area (Å²) in [4.78, 5) is 21.9. The van der Waals surface area contributed by atoms with Gasteiger partial charge in [-0.05, 0) is 12.1 Å². The zero-order chi connectivity index (χ0) is 16.0. The number of para-hydroxylation sites is 2. The molecule has 2 amide bonds. The van der Waals surface area contributed by atoms with E-state index in [1.165, 1.54) is 11.8 Å². The van der Waals surface area contributed by atoms with Crippen LogP contribution in [0.5, 0.6) is 11.5 Å².